The highest BCUT2D eigenvalue weighted by Crippen LogP contribution is 2.23. The fourth-order valence-electron chi connectivity index (χ4n) is 6.31. The van der Waals surface area contributed by atoms with Crippen molar-refractivity contribution in [2.45, 2.75) is 168 Å². The second kappa shape index (κ2) is 27.0. The molecule has 0 atom stereocenters. The minimum absolute atomic E-state index is 0.125. The zero-order valence-electron chi connectivity index (χ0n) is 29.9. The van der Waals surface area contributed by atoms with Crippen LogP contribution >= 0.6 is 0 Å². The van der Waals surface area contributed by atoms with Crippen LogP contribution in [0, 0.1) is 5.82 Å². The van der Waals surface area contributed by atoms with Gasteiger partial charge in [0.2, 0.25) is 0 Å². The third kappa shape index (κ3) is 19.9. The molecule has 1 aromatic heterocycles. The topological polar surface area (TPSA) is 7.12 Å². The maximum atomic E-state index is 15.2. The van der Waals surface area contributed by atoms with Gasteiger partial charge in [0.05, 0.1) is 0 Å². The first-order chi connectivity index (χ1) is 22.1. The van der Waals surface area contributed by atoms with Gasteiger partial charge in [0.25, 0.3) is 0 Å². The minimum Gasteiger partial charge on any atom is -0.371 e. The largest absolute Gasteiger partial charge is 0.371 e. The fourth-order valence-corrected chi connectivity index (χ4v) is 6.31. The van der Waals surface area contributed by atoms with E-state index >= 15 is 4.39 Å². The molecular formula is C42H70FN2+. The van der Waals surface area contributed by atoms with E-state index in [-0.39, 0.29) is 5.82 Å². The number of rotatable bonds is 29. The van der Waals surface area contributed by atoms with Crippen LogP contribution < -0.4 is 9.47 Å². The lowest BCUT2D eigenvalue weighted by atomic mass is 10.0. The molecule has 0 unspecified atom stereocenters. The molecule has 0 saturated carbocycles. The maximum Gasteiger partial charge on any atom is 0.169 e. The summed E-state index contributed by atoms with van der Waals surface area (Å²) in [5.74, 6) is -0.125. The normalized spacial score (nSPS) is 11.6. The van der Waals surface area contributed by atoms with Gasteiger partial charge in [0, 0.05) is 36.5 Å². The standard InChI is InChI=1S/C42H70FN2/c1-4-6-8-10-12-14-16-18-20-22-24-26-34-45(35-27-25-23-21-19-17-15-13-11-9-7-5-2)41-31-30-40(42(43)38-41)29-28-39-32-36-44(3)37-33-39/h28-33,36-38H,4-27,34-35H2,1-3H3/q+1. The van der Waals surface area contributed by atoms with Gasteiger partial charge in [-0.05, 0) is 36.6 Å². The molecule has 2 aromatic rings. The third-order valence-corrected chi connectivity index (χ3v) is 9.37. The predicted molar refractivity (Wildman–Crippen MR) is 197 cm³/mol. The lowest BCUT2D eigenvalue weighted by Crippen LogP contribution is -2.26. The molecule has 1 heterocycles. The number of anilines is 1. The summed E-state index contributed by atoms with van der Waals surface area (Å²) in [5, 5.41) is 0. The third-order valence-electron chi connectivity index (χ3n) is 9.37. The Hall–Kier alpha value is -2.16. The van der Waals surface area contributed by atoms with E-state index in [1.54, 1.807) is 6.07 Å². The molecule has 0 bridgehead atoms. The average molecular weight is 622 g/mol. The van der Waals surface area contributed by atoms with Crippen LogP contribution in [0.3, 0.4) is 0 Å². The monoisotopic (exact) mass is 622 g/mol. The van der Waals surface area contributed by atoms with E-state index in [0.29, 0.717) is 5.56 Å². The first-order valence-corrected chi connectivity index (χ1v) is 19.3. The SMILES string of the molecule is CCCCCCCCCCCCCCN(CCCCCCCCCCCCCC)c1ccc(C=Cc2cc[n+](C)cc2)c(F)c1. The number of aromatic nitrogens is 1. The van der Waals surface area contributed by atoms with E-state index in [1.807, 2.05) is 54.4 Å². The van der Waals surface area contributed by atoms with Crippen LogP contribution in [0.2, 0.25) is 0 Å². The van der Waals surface area contributed by atoms with E-state index in [1.165, 1.54) is 154 Å². The van der Waals surface area contributed by atoms with Crippen LogP contribution in [-0.4, -0.2) is 13.1 Å². The van der Waals surface area contributed by atoms with Crippen molar-refractivity contribution in [1.29, 1.82) is 0 Å². The second-order valence-electron chi connectivity index (χ2n) is 13.6. The van der Waals surface area contributed by atoms with E-state index in [4.69, 9.17) is 0 Å². The highest BCUT2D eigenvalue weighted by atomic mass is 19.1. The molecule has 0 radical (unpaired) electrons. The lowest BCUT2D eigenvalue weighted by molar-refractivity contribution is -0.671. The molecule has 0 aliphatic rings. The van der Waals surface area contributed by atoms with Crippen LogP contribution in [0.15, 0.2) is 42.7 Å². The summed E-state index contributed by atoms with van der Waals surface area (Å²) in [7, 11) is 2.01. The molecule has 0 spiro atoms. The van der Waals surface area contributed by atoms with Gasteiger partial charge in [0.1, 0.15) is 12.9 Å². The number of halogens is 1. The Labute approximate surface area is 278 Å². The van der Waals surface area contributed by atoms with Crippen LogP contribution in [0.1, 0.15) is 179 Å². The Balaban J connectivity index is 1.76. The minimum atomic E-state index is -0.125. The van der Waals surface area contributed by atoms with Gasteiger partial charge >= 0.3 is 0 Å². The van der Waals surface area contributed by atoms with Crippen molar-refractivity contribution in [2.24, 2.45) is 7.05 Å². The number of hydrogen-bond donors (Lipinski definition) is 0. The van der Waals surface area contributed by atoms with Gasteiger partial charge in [0.15, 0.2) is 12.4 Å². The van der Waals surface area contributed by atoms with Gasteiger partial charge < -0.3 is 4.90 Å². The number of unbranched alkanes of at least 4 members (excludes halogenated alkanes) is 22. The van der Waals surface area contributed by atoms with Crippen molar-refractivity contribution in [3.05, 3.63) is 59.7 Å². The maximum absolute atomic E-state index is 15.2. The van der Waals surface area contributed by atoms with Crippen molar-refractivity contribution < 1.29 is 8.96 Å². The summed E-state index contributed by atoms with van der Waals surface area (Å²) in [6.45, 7) is 6.65. The molecule has 3 heteroatoms. The Bertz CT molecular complexity index is 955. The zero-order chi connectivity index (χ0) is 32.2. The van der Waals surface area contributed by atoms with Gasteiger partial charge in [-0.2, -0.15) is 0 Å². The summed E-state index contributed by atoms with van der Waals surface area (Å²) in [4.78, 5) is 2.46. The molecule has 0 N–H and O–H groups in total. The van der Waals surface area contributed by atoms with Crippen molar-refractivity contribution >= 4 is 17.8 Å². The van der Waals surface area contributed by atoms with Crippen LogP contribution in [0.25, 0.3) is 12.2 Å². The average Bonchev–Trinajstić information content (AvgIpc) is 3.05. The second-order valence-corrected chi connectivity index (χ2v) is 13.6. The summed E-state index contributed by atoms with van der Waals surface area (Å²) in [6, 6.07) is 9.96. The van der Waals surface area contributed by atoms with Gasteiger partial charge in [-0.3, -0.25) is 0 Å². The van der Waals surface area contributed by atoms with Crippen LogP contribution in [0.5, 0.6) is 0 Å². The van der Waals surface area contributed by atoms with Crippen molar-refractivity contribution in [1.82, 2.24) is 0 Å². The van der Waals surface area contributed by atoms with E-state index in [2.05, 4.69) is 24.8 Å². The molecule has 2 rings (SSSR count). The highest BCUT2D eigenvalue weighted by molar-refractivity contribution is 5.70. The summed E-state index contributed by atoms with van der Waals surface area (Å²) >= 11 is 0. The number of benzene rings is 1. The highest BCUT2D eigenvalue weighted by Gasteiger charge is 2.10. The Morgan fingerprint density at radius 1 is 0.533 bits per heavy atom. The first-order valence-electron chi connectivity index (χ1n) is 19.3. The Morgan fingerprint density at radius 3 is 1.33 bits per heavy atom. The Kier molecular flexibility index (Phi) is 23.4. The van der Waals surface area contributed by atoms with Crippen molar-refractivity contribution in [3.8, 4) is 0 Å². The molecule has 45 heavy (non-hydrogen) atoms. The smallest absolute Gasteiger partial charge is 0.169 e. The molecule has 0 saturated heterocycles. The quantitative estimate of drug-likeness (QED) is 0.0647. The van der Waals surface area contributed by atoms with E-state index in [0.717, 1.165) is 24.3 Å². The fraction of sp³-hybridized carbons (Fsp3) is 0.690. The number of hydrogen-bond acceptors (Lipinski definition) is 1. The molecule has 0 fully saturated rings. The lowest BCUT2D eigenvalue weighted by Gasteiger charge is -2.25. The molecule has 1 aromatic carbocycles. The number of pyridine rings is 1. The van der Waals surface area contributed by atoms with E-state index in [9.17, 15) is 0 Å². The van der Waals surface area contributed by atoms with E-state index < -0.39 is 0 Å². The van der Waals surface area contributed by atoms with Crippen molar-refractivity contribution in [3.63, 3.8) is 0 Å². The molecule has 254 valence electrons. The molecule has 0 aliphatic heterocycles. The molecule has 2 nitrogen and oxygen atoms in total. The summed E-state index contributed by atoms with van der Waals surface area (Å²) in [6.07, 6.45) is 40.7. The van der Waals surface area contributed by atoms with Crippen molar-refractivity contribution in [2.75, 3.05) is 18.0 Å². The molecule has 0 amide bonds. The number of nitrogens with zero attached hydrogens (tertiary/aromatic N) is 2. The van der Waals surface area contributed by atoms with Crippen LogP contribution in [0.4, 0.5) is 10.1 Å². The van der Waals surface area contributed by atoms with Crippen LogP contribution in [-0.2, 0) is 7.05 Å². The van der Waals surface area contributed by atoms with Gasteiger partial charge in [-0.15, -0.1) is 0 Å². The zero-order valence-corrected chi connectivity index (χ0v) is 29.9. The predicted octanol–water partition coefficient (Wildman–Crippen LogP) is 13.0. The molecular weight excluding hydrogens is 551 g/mol. The first kappa shape index (κ1) is 39.0. The van der Waals surface area contributed by atoms with Gasteiger partial charge in [-0.25, -0.2) is 8.96 Å². The summed E-state index contributed by atoms with van der Waals surface area (Å²) < 4.78 is 17.3. The van der Waals surface area contributed by atoms with Gasteiger partial charge in [-0.1, -0.05) is 167 Å². The Morgan fingerprint density at radius 2 is 0.933 bits per heavy atom. The molecule has 0 aliphatic carbocycles. The summed E-state index contributed by atoms with van der Waals surface area (Å²) in [5.41, 5.74) is 2.78. The number of aryl methyl sites for hydroxylation is 1.